The zero-order valence-electron chi connectivity index (χ0n) is 9.08. The molecular weight excluding hydrogens is 168 g/mol. The summed E-state index contributed by atoms with van der Waals surface area (Å²) in [6.45, 7) is 2.24. The number of allylic oxidation sites excluding steroid dienone is 2. The highest BCUT2D eigenvalue weighted by atomic mass is 13.9. The molecule has 0 N–H and O–H groups in total. The van der Waals surface area contributed by atoms with E-state index < -0.39 is 0 Å². The zero-order chi connectivity index (χ0) is 10.1. The van der Waals surface area contributed by atoms with E-state index in [4.69, 9.17) is 0 Å². The van der Waals surface area contributed by atoms with Gasteiger partial charge in [0.1, 0.15) is 0 Å². The van der Waals surface area contributed by atoms with Crippen LogP contribution in [0.1, 0.15) is 38.2 Å². The van der Waals surface area contributed by atoms with Gasteiger partial charge in [-0.2, -0.15) is 0 Å². The molecular formula is C14H20. The van der Waals surface area contributed by atoms with Gasteiger partial charge in [-0.25, -0.2) is 0 Å². The summed E-state index contributed by atoms with van der Waals surface area (Å²) in [6.07, 6.45) is 10.9. The Kier molecular flexibility index (Phi) is 5.81. The van der Waals surface area contributed by atoms with E-state index in [9.17, 15) is 0 Å². The summed E-state index contributed by atoms with van der Waals surface area (Å²) in [4.78, 5) is 0. The largest absolute Gasteiger partial charge is 0.0882 e. The van der Waals surface area contributed by atoms with E-state index in [-0.39, 0.29) is 0 Å². The fourth-order valence-corrected chi connectivity index (χ4v) is 1.46. The first-order valence-electron chi connectivity index (χ1n) is 5.62. The van der Waals surface area contributed by atoms with Gasteiger partial charge in [-0.15, -0.1) is 0 Å². The van der Waals surface area contributed by atoms with Gasteiger partial charge in [-0.3, -0.25) is 0 Å². The minimum Gasteiger partial charge on any atom is -0.0882 e. The van der Waals surface area contributed by atoms with E-state index in [0.29, 0.717) is 0 Å². The Morgan fingerprint density at radius 3 is 2.50 bits per heavy atom. The van der Waals surface area contributed by atoms with Crippen LogP contribution in [-0.2, 0) is 6.42 Å². The highest BCUT2D eigenvalue weighted by molar-refractivity contribution is 5.17. The molecule has 76 valence electrons. The molecule has 0 aliphatic heterocycles. The van der Waals surface area contributed by atoms with Crippen LogP contribution < -0.4 is 0 Å². The molecule has 0 fully saturated rings. The maximum Gasteiger partial charge on any atom is -0.00975 e. The molecule has 0 heteroatoms. The van der Waals surface area contributed by atoms with E-state index in [1.807, 2.05) is 0 Å². The molecule has 0 aliphatic carbocycles. The van der Waals surface area contributed by atoms with Crippen LogP contribution in [0.3, 0.4) is 0 Å². The second-order valence-electron chi connectivity index (χ2n) is 3.66. The lowest BCUT2D eigenvalue weighted by atomic mass is 10.1. The number of hydrogen-bond donors (Lipinski definition) is 0. The smallest absolute Gasteiger partial charge is 0.00975 e. The Labute approximate surface area is 87.7 Å². The van der Waals surface area contributed by atoms with Crippen LogP contribution in [0, 0.1) is 0 Å². The van der Waals surface area contributed by atoms with Crippen molar-refractivity contribution in [3.8, 4) is 0 Å². The summed E-state index contributed by atoms with van der Waals surface area (Å²) < 4.78 is 0. The number of unbranched alkanes of at least 4 members (excludes halogenated alkanes) is 3. The molecule has 14 heavy (non-hydrogen) atoms. The highest BCUT2D eigenvalue weighted by Gasteiger charge is 1.85. The summed E-state index contributed by atoms with van der Waals surface area (Å²) in [7, 11) is 0. The maximum absolute atomic E-state index is 2.31. The summed E-state index contributed by atoms with van der Waals surface area (Å²) in [5, 5.41) is 0. The Hall–Kier alpha value is -1.04. The summed E-state index contributed by atoms with van der Waals surface area (Å²) in [6, 6.07) is 10.6. The monoisotopic (exact) mass is 188 g/mol. The van der Waals surface area contributed by atoms with E-state index in [2.05, 4.69) is 49.4 Å². The van der Waals surface area contributed by atoms with Crippen molar-refractivity contribution in [1.82, 2.24) is 0 Å². The SMILES string of the molecule is CCCCCC=CCc1ccccc1. The average molecular weight is 188 g/mol. The molecule has 0 heterocycles. The van der Waals surface area contributed by atoms with E-state index in [0.717, 1.165) is 6.42 Å². The third kappa shape index (κ3) is 4.86. The first-order valence-corrected chi connectivity index (χ1v) is 5.62. The lowest BCUT2D eigenvalue weighted by Gasteiger charge is -1.94. The molecule has 1 aromatic rings. The van der Waals surface area contributed by atoms with E-state index >= 15 is 0 Å². The van der Waals surface area contributed by atoms with Crippen LogP contribution in [0.4, 0.5) is 0 Å². The van der Waals surface area contributed by atoms with Crippen molar-refractivity contribution in [2.45, 2.75) is 39.0 Å². The first kappa shape index (κ1) is 11.0. The minimum absolute atomic E-state index is 1.08. The van der Waals surface area contributed by atoms with Crippen molar-refractivity contribution in [2.75, 3.05) is 0 Å². The molecule has 1 rings (SSSR count). The first-order chi connectivity index (χ1) is 6.93. The zero-order valence-corrected chi connectivity index (χ0v) is 9.08. The number of rotatable bonds is 6. The fraction of sp³-hybridized carbons (Fsp3) is 0.429. The predicted molar refractivity (Wildman–Crippen MR) is 63.4 cm³/mol. The van der Waals surface area contributed by atoms with Crippen molar-refractivity contribution >= 4 is 0 Å². The Bertz CT molecular complexity index is 246. The third-order valence-electron chi connectivity index (χ3n) is 2.34. The van der Waals surface area contributed by atoms with Gasteiger partial charge in [0, 0.05) is 0 Å². The van der Waals surface area contributed by atoms with Crippen LogP contribution in [0.5, 0.6) is 0 Å². The molecule has 0 nitrogen and oxygen atoms in total. The normalized spacial score (nSPS) is 10.9. The number of hydrogen-bond acceptors (Lipinski definition) is 0. The van der Waals surface area contributed by atoms with Gasteiger partial charge in [0.05, 0.1) is 0 Å². The molecule has 0 aliphatic rings. The van der Waals surface area contributed by atoms with Gasteiger partial charge in [0.15, 0.2) is 0 Å². The Morgan fingerprint density at radius 1 is 1.00 bits per heavy atom. The molecule has 0 bridgehead atoms. The molecule has 0 amide bonds. The van der Waals surface area contributed by atoms with Crippen LogP contribution in [0.2, 0.25) is 0 Å². The van der Waals surface area contributed by atoms with Crippen LogP contribution >= 0.6 is 0 Å². The molecule has 0 radical (unpaired) electrons. The second kappa shape index (κ2) is 7.37. The van der Waals surface area contributed by atoms with Gasteiger partial charge in [-0.1, -0.05) is 62.2 Å². The van der Waals surface area contributed by atoms with Crippen molar-refractivity contribution in [3.05, 3.63) is 48.0 Å². The Balaban J connectivity index is 2.14. The van der Waals surface area contributed by atoms with Gasteiger partial charge in [-0.05, 0) is 24.8 Å². The standard InChI is InChI=1S/C14H20/c1-2-3-4-5-6-8-11-14-12-9-7-10-13-14/h6-10,12-13H,2-5,11H2,1H3. The van der Waals surface area contributed by atoms with Crippen molar-refractivity contribution in [2.24, 2.45) is 0 Å². The highest BCUT2D eigenvalue weighted by Crippen LogP contribution is 2.03. The van der Waals surface area contributed by atoms with Gasteiger partial charge in [0.25, 0.3) is 0 Å². The fourth-order valence-electron chi connectivity index (χ4n) is 1.46. The van der Waals surface area contributed by atoms with Crippen molar-refractivity contribution in [3.63, 3.8) is 0 Å². The lowest BCUT2D eigenvalue weighted by molar-refractivity contribution is 0.728. The van der Waals surface area contributed by atoms with Gasteiger partial charge >= 0.3 is 0 Å². The second-order valence-corrected chi connectivity index (χ2v) is 3.66. The molecule has 1 aromatic carbocycles. The van der Waals surface area contributed by atoms with E-state index in [1.54, 1.807) is 0 Å². The Morgan fingerprint density at radius 2 is 1.79 bits per heavy atom. The van der Waals surface area contributed by atoms with Crippen LogP contribution in [0.25, 0.3) is 0 Å². The van der Waals surface area contributed by atoms with Gasteiger partial charge < -0.3 is 0 Å². The van der Waals surface area contributed by atoms with Crippen LogP contribution in [0.15, 0.2) is 42.5 Å². The molecule has 0 aromatic heterocycles. The van der Waals surface area contributed by atoms with Crippen molar-refractivity contribution < 1.29 is 0 Å². The topological polar surface area (TPSA) is 0 Å². The summed E-state index contributed by atoms with van der Waals surface area (Å²) >= 11 is 0. The van der Waals surface area contributed by atoms with Gasteiger partial charge in [0.2, 0.25) is 0 Å². The molecule has 0 atom stereocenters. The van der Waals surface area contributed by atoms with Crippen LogP contribution in [-0.4, -0.2) is 0 Å². The average Bonchev–Trinajstić information content (AvgIpc) is 2.25. The van der Waals surface area contributed by atoms with Crippen molar-refractivity contribution in [1.29, 1.82) is 0 Å². The quantitative estimate of drug-likeness (QED) is 0.459. The minimum atomic E-state index is 1.08. The maximum atomic E-state index is 2.31. The lowest BCUT2D eigenvalue weighted by Crippen LogP contribution is -1.78. The number of benzene rings is 1. The van der Waals surface area contributed by atoms with E-state index in [1.165, 1.54) is 31.2 Å². The summed E-state index contributed by atoms with van der Waals surface area (Å²) in [5.41, 5.74) is 1.40. The summed E-state index contributed by atoms with van der Waals surface area (Å²) in [5.74, 6) is 0. The third-order valence-corrected chi connectivity index (χ3v) is 2.34. The predicted octanol–water partition coefficient (Wildman–Crippen LogP) is 4.37. The molecule has 0 saturated heterocycles. The molecule has 0 saturated carbocycles. The molecule has 0 spiro atoms. The molecule has 0 unspecified atom stereocenters.